The Labute approximate surface area is 161 Å². The van der Waals surface area contributed by atoms with E-state index in [2.05, 4.69) is 24.3 Å². The van der Waals surface area contributed by atoms with Crippen molar-refractivity contribution < 1.29 is 23.7 Å². The summed E-state index contributed by atoms with van der Waals surface area (Å²) in [6, 6.07) is 12.1. The second-order valence-corrected chi connectivity index (χ2v) is 6.78. The molecule has 1 unspecified atom stereocenters. The quantitative estimate of drug-likeness (QED) is 0.721. The molecule has 5 heteroatoms. The van der Waals surface area contributed by atoms with Gasteiger partial charge in [-0.25, -0.2) is 0 Å². The molecule has 1 aliphatic rings. The summed E-state index contributed by atoms with van der Waals surface area (Å²) < 4.78 is 27.8. The third kappa shape index (κ3) is 3.98. The van der Waals surface area contributed by atoms with E-state index in [4.69, 9.17) is 23.7 Å². The number of hydrogen-bond donors (Lipinski definition) is 0. The predicted molar refractivity (Wildman–Crippen MR) is 105 cm³/mol. The zero-order valence-electron chi connectivity index (χ0n) is 16.7. The molecule has 5 nitrogen and oxygen atoms in total. The monoisotopic (exact) mass is 372 g/mol. The highest BCUT2D eigenvalue weighted by molar-refractivity contribution is 5.44. The smallest absolute Gasteiger partial charge is 0.122 e. The van der Waals surface area contributed by atoms with Crippen molar-refractivity contribution in [1.82, 2.24) is 0 Å². The molecule has 3 atom stereocenters. The number of hydrogen-bond acceptors (Lipinski definition) is 5. The van der Waals surface area contributed by atoms with Gasteiger partial charge >= 0.3 is 0 Å². The number of benzene rings is 2. The molecule has 0 heterocycles. The predicted octanol–water partition coefficient (Wildman–Crippen LogP) is 4.40. The molecule has 146 valence electrons. The summed E-state index contributed by atoms with van der Waals surface area (Å²) in [5.74, 6) is 3.72. The fourth-order valence-corrected chi connectivity index (χ4v) is 4.10. The molecule has 1 aliphatic carbocycles. The summed E-state index contributed by atoms with van der Waals surface area (Å²) in [5.41, 5.74) is 2.35. The molecule has 3 rings (SSSR count). The fraction of sp³-hybridized carbons (Fsp3) is 0.455. The maximum Gasteiger partial charge on any atom is 0.122 e. The molecular formula is C22H28O5. The molecule has 1 fully saturated rings. The highest BCUT2D eigenvalue weighted by Gasteiger charge is 2.38. The van der Waals surface area contributed by atoms with Gasteiger partial charge in [0.1, 0.15) is 23.0 Å². The Bertz CT molecular complexity index is 665. The number of rotatable bonds is 7. The normalized spacial score (nSPS) is 21.7. The van der Waals surface area contributed by atoms with E-state index >= 15 is 0 Å². The van der Waals surface area contributed by atoms with Crippen molar-refractivity contribution in [3.63, 3.8) is 0 Å². The van der Waals surface area contributed by atoms with Crippen LogP contribution < -0.4 is 18.9 Å². The fourth-order valence-electron chi connectivity index (χ4n) is 4.10. The maximum atomic E-state index is 5.98. The highest BCUT2D eigenvalue weighted by atomic mass is 16.5. The second kappa shape index (κ2) is 8.53. The third-order valence-electron chi connectivity index (χ3n) is 5.46. The molecular weight excluding hydrogens is 344 g/mol. The van der Waals surface area contributed by atoms with Crippen LogP contribution in [0, 0.1) is 0 Å². The summed E-state index contributed by atoms with van der Waals surface area (Å²) >= 11 is 0. The van der Waals surface area contributed by atoms with Crippen molar-refractivity contribution in [2.45, 2.75) is 30.8 Å². The van der Waals surface area contributed by atoms with Gasteiger partial charge in [0.2, 0.25) is 0 Å². The second-order valence-electron chi connectivity index (χ2n) is 6.78. The summed E-state index contributed by atoms with van der Waals surface area (Å²) in [7, 11) is 8.47. The Morgan fingerprint density at radius 3 is 1.15 bits per heavy atom. The van der Waals surface area contributed by atoms with E-state index in [-0.39, 0.29) is 17.9 Å². The van der Waals surface area contributed by atoms with Gasteiger partial charge in [-0.2, -0.15) is 0 Å². The largest absolute Gasteiger partial charge is 0.497 e. The SMILES string of the molecule is COc1cc(OC)cc([C@H]2CC[C@@H](c3cc(OC)cc(OC)c3)C2OC)c1. The highest BCUT2D eigenvalue weighted by Crippen LogP contribution is 2.47. The lowest BCUT2D eigenvalue weighted by Crippen LogP contribution is -2.21. The van der Waals surface area contributed by atoms with E-state index in [1.165, 1.54) is 11.1 Å². The van der Waals surface area contributed by atoms with Crippen LogP contribution in [0.3, 0.4) is 0 Å². The van der Waals surface area contributed by atoms with Crippen molar-refractivity contribution in [2.24, 2.45) is 0 Å². The van der Waals surface area contributed by atoms with Crippen LogP contribution in [0.15, 0.2) is 36.4 Å². The zero-order chi connectivity index (χ0) is 19.4. The molecule has 2 aromatic carbocycles. The van der Waals surface area contributed by atoms with Crippen LogP contribution in [0.2, 0.25) is 0 Å². The average Bonchev–Trinajstić information content (AvgIpc) is 3.16. The third-order valence-corrected chi connectivity index (χ3v) is 5.46. The van der Waals surface area contributed by atoms with Gasteiger partial charge in [-0.05, 0) is 48.2 Å². The van der Waals surface area contributed by atoms with Gasteiger partial charge in [0.15, 0.2) is 0 Å². The first-order valence-electron chi connectivity index (χ1n) is 9.12. The Kier molecular flexibility index (Phi) is 6.11. The topological polar surface area (TPSA) is 46.2 Å². The molecule has 27 heavy (non-hydrogen) atoms. The van der Waals surface area contributed by atoms with E-state index in [0.29, 0.717) is 0 Å². The first-order valence-corrected chi connectivity index (χ1v) is 9.12. The lowest BCUT2D eigenvalue weighted by atomic mass is 9.89. The first kappa shape index (κ1) is 19.4. The van der Waals surface area contributed by atoms with Gasteiger partial charge in [-0.3, -0.25) is 0 Å². The zero-order valence-corrected chi connectivity index (χ0v) is 16.7. The van der Waals surface area contributed by atoms with E-state index in [1.807, 2.05) is 12.1 Å². The Morgan fingerprint density at radius 2 is 0.889 bits per heavy atom. The van der Waals surface area contributed by atoms with Crippen LogP contribution in [0.5, 0.6) is 23.0 Å². The summed E-state index contributed by atoms with van der Waals surface area (Å²) in [4.78, 5) is 0. The van der Waals surface area contributed by atoms with Crippen LogP contribution in [-0.2, 0) is 4.74 Å². The van der Waals surface area contributed by atoms with Gasteiger partial charge in [0, 0.05) is 31.1 Å². The standard InChI is InChI=1S/C22H28O5/c1-23-16-8-14(9-17(12-16)24-2)20-6-7-21(22(20)27-5)15-10-18(25-3)13-19(11-15)26-4/h8-13,20-22H,6-7H2,1-5H3/t20-,21+,22?. The summed E-state index contributed by atoms with van der Waals surface area (Å²) in [5, 5.41) is 0. The summed E-state index contributed by atoms with van der Waals surface area (Å²) in [6.45, 7) is 0. The minimum atomic E-state index is 0.0543. The lowest BCUT2D eigenvalue weighted by Gasteiger charge is -2.25. The van der Waals surface area contributed by atoms with Gasteiger partial charge in [0.25, 0.3) is 0 Å². The van der Waals surface area contributed by atoms with Crippen molar-refractivity contribution in [3.8, 4) is 23.0 Å². The minimum absolute atomic E-state index is 0.0543. The van der Waals surface area contributed by atoms with E-state index in [0.717, 1.165) is 35.8 Å². The number of ether oxygens (including phenoxy) is 5. The lowest BCUT2D eigenvalue weighted by molar-refractivity contribution is 0.0805. The van der Waals surface area contributed by atoms with Gasteiger partial charge in [0.05, 0.1) is 34.5 Å². The van der Waals surface area contributed by atoms with E-state index in [9.17, 15) is 0 Å². The van der Waals surface area contributed by atoms with Crippen molar-refractivity contribution >= 4 is 0 Å². The van der Waals surface area contributed by atoms with Crippen molar-refractivity contribution in [3.05, 3.63) is 47.5 Å². The molecule has 1 saturated carbocycles. The first-order chi connectivity index (χ1) is 13.1. The van der Waals surface area contributed by atoms with Gasteiger partial charge in [-0.15, -0.1) is 0 Å². The van der Waals surface area contributed by atoms with Crippen LogP contribution in [-0.4, -0.2) is 41.7 Å². The molecule has 2 aromatic rings. The van der Waals surface area contributed by atoms with Gasteiger partial charge in [-0.1, -0.05) is 0 Å². The molecule has 0 bridgehead atoms. The molecule has 0 spiro atoms. The Balaban J connectivity index is 1.94. The van der Waals surface area contributed by atoms with E-state index < -0.39 is 0 Å². The molecule has 0 N–H and O–H groups in total. The van der Waals surface area contributed by atoms with Crippen LogP contribution in [0.25, 0.3) is 0 Å². The molecule has 0 amide bonds. The van der Waals surface area contributed by atoms with Crippen LogP contribution >= 0.6 is 0 Å². The Morgan fingerprint density at radius 1 is 0.556 bits per heavy atom. The molecule has 0 radical (unpaired) electrons. The average molecular weight is 372 g/mol. The van der Waals surface area contributed by atoms with Crippen LogP contribution in [0.4, 0.5) is 0 Å². The molecule has 0 aliphatic heterocycles. The minimum Gasteiger partial charge on any atom is -0.497 e. The molecule has 0 aromatic heterocycles. The van der Waals surface area contributed by atoms with Gasteiger partial charge < -0.3 is 23.7 Å². The number of methoxy groups -OCH3 is 5. The van der Waals surface area contributed by atoms with Crippen molar-refractivity contribution in [1.29, 1.82) is 0 Å². The van der Waals surface area contributed by atoms with Crippen molar-refractivity contribution in [2.75, 3.05) is 35.5 Å². The Hall–Kier alpha value is -2.40. The van der Waals surface area contributed by atoms with Crippen LogP contribution in [0.1, 0.15) is 35.8 Å². The summed E-state index contributed by atoms with van der Waals surface area (Å²) in [6.07, 6.45) is 2.11. The van der Waals surface area contributed by atoms with E-state index in [1.54, 1.807) is 35.5 Å². The molecule has 0 saturated heterocycles. The maximum absolute atomic E-state index is 5.98.